The number of sulfone groups is 1. The summed E-state index contributed by atoms with van der Waals surface area (Å²) in [5, 5.41) is 9.27. The van der Waals surface area contributed by atoms with Gasteiger partial charge in [-0.15, -0.1) is 0 Å². The minimum absolute atomic E-state index is 0.00246. The summed E-state index contributed by atoms with van der Waals surface area (Å²) in [5.41, 5.74) is 1.56. The minimum Gasteiger partial charge on any atom is -0.481 e. The molecule has 7 heteroatoms. The zero-order valence-electron chi connectivity index (χ0n) is 15.0. The summed E-state index contributed by atoms with van der Waals surface area (Å²) in [6.45, 7) is 1.75. The van der Waals surface area contributed by atoms with Crippen LogP contribution in [0.15, 0.2) is 65.1 Å². The highest BCUT2D eigenvalue weighted by Gasteiger charge is 2.22. The van der Waals surface area contributed by atoms with Crippen LogP contribution in [0.5, 0.6) is 0 Å². The monoisotopic (exact) mass is 388 g/mol. The maximum Gasteiger partial charge on any atom is 0.335 e. The molecule has 0 spiro atoms. The highest BCUT2D eigenvalue weighted by Crippen LogP contribution is 2.30. The van der Waals surface area contributed by atoms with E-state index in [-0.39, 0.29) is 17.1 Å². The Morgan fingerprint density at radius 3 is 2.00 bits per heavy atom. The van der Waals surface area contributed by atoms with Crippen LogP contribution in [0.1, 0.15) is 24.5 Å². The van der Waals surface area contributed by atoms with Crippen LogP contribution in [-0.2, 0) is 24.2 Å². The Balaban J connectivity index is 2.73. The van der Waals surface area contributed by atoms with Crippen LogP contribution >= 0.6 is 0 Å². The predicted octanol–water partition coefficient (Wildman–Crippen LogP) is 2.93. The molecule has 6 nitrogen and oxygen atoms in total. The van der Waals surface area contributed by atoms with Crippen molar-refractivity contribution in [2.45, 2.75) is 18.2 Å². The molecule has 0 aliphatic carbocycles. The maximum atomic E-state index is 12.5. The molecule has 0 amide bonds. The molecule has 2 aromatic carbocycles. The number of aliphatic carboxylic acids is 1. The lowest BCUT2D eigenvalue weighted by molar-refractivity contribution is -0.142. The average Bonchev–Trinajstić information content (AvgIpc) is 2.61. The molecule has 2 rings (SSSR count). The van der Waals surface area contributed by atoms with Crippen molar-refractivity contribution >= 4 is 27.3 Å². The van der Waals surface area contributed by atoms with E-state index < -0.39 is 28.2 Å². The number of ether oxygens (including phenoxy) is 1. The molecule has 0 saturated carbocycles. The van der Waals surface area contributed by atoms with Gasteiger partial charge in [0.25, 0.3) is 0 Å². The first-order chi connectivity index (χ1) is 12.7. The van der Waals surface area contributed by atoms with Crippen LogP contribution in [0.25, 0.3) is 5.57 Å². The van der Waals surface area contributed by atoms with Crippen LogP contribution in [0.4, 0.5) is 0 Å². The van der Waals surface area contributed by atoms with Crippen LogP contribution < -0.4 is 0 Å². The van der Waals surface area contributed by atoms with Gasteiger partial charge in [0.1, 0.15) is 0 Å². The molecule has 0 bridgehead atoms. The summed E-state index contributed by atoms with van der Waals surface area (Å²) in [6.07, 6.45) is 0.585. The molecule has 0 radical (unpaired) electrons. The van der Waals surface area contributed by atoms with Crippen LogP contribution in [0.2, 0.25) is 0 Å². The molecule has 142 valence electrons. The first-order valence-electron chi connectivity index (χ1n) is 8.22. The van der Waals surface area contributed by atoms with Gasteiger partial charge in [-0.05, 0) is 35.8 Å². The summed E-state index contributed by atoms with van der Waals surface area (Å²) >= 11 is 0. The number of hydrogen-bond acceptors (Lipinski definition) is 5. The number of rotatable bonds is 7. The van der Waals surface area contributed by atoms with Crippen molar-refractivity contribution in [2.24, 2.45) is 0 Å². The number of hydrogen-bond donors (Lipinski definition) is 1. The Labute approximate surface area is 158 Å². The van der Waals surface area contributed by atoms with Gasteiger partial charge in [0.2, 0.25) is 0 Å². The molecule has 2 aromatic rings. The van der Waals surface area contributed by atoms with E-state index in [2.05, 4.69) is 0 Å². The van der Waals surface area contributed by atoms with E-state index in [0.29, 0.717) is 16.7 Å². The number of benzene rings is 2. The average molecular weight is 388 g/mol. The van der Waals surface area contributed by atoms with Crippen molar-refractivity contribution in [1.29, 1.82) is 0 Å². The van der Waals surface area contributed by atoms with E-state index >= 15 is 0 Å². The van der Waals surface area contributed by atoms with Crippen molar-refractivity contribution in [3.63, 3.8) is 0 Å². The Kier molecular flexibility index (Phi) is 6.52. The third-order valence-electron chi connectivity index (χ3n) is 3.79. The van der Waals surface area contributed by atoms with E-state index in [1.165, 1.54) is 12.1 Å². The van der Waals surface area contributed by atoms with Gasteiger partial charge in [0, 0.05) is 6.26 Å². The molecule has 0 saturated heterocycles. The first kappa shape index (κ1) is 20.4. The normalized spacial score (nSPS) is 12.2. The highest BCUT2D eigenvalue weighted by atomic mass is 32.2. The number of carboxylic acids is 1. The van der Waals surface area contributed by atoms with Crippen molar-refractivity contribution in [2.75, 3.05) is 12.9 Å². The highest BCUT2D eigenvalue weighted by molar-refractivity contribution is 7.90. The number of carboxylic acid groups (broad SMARTS) is 1. The molecule has 0 fully saturated rings. The molecular formula is C20H20O6S. The molecule has 0 aliphatic heterocycles. The molecule has 0 unspecified atom stereocenters. The third kappa shape index (κ3) is 5.27. The summed E-state index contributed by atoms with van der Waals surface area (Å²) in [4.78, 5) is 23.9. The fraction of sp³-hybridized carbons (Fsp3) is 0.200. The topological polar surface area (TPSA) is 97.7 Å². The maximum absolute atomic E-state index is 12.5. The van der Waals surface area contributed by atoms with E-state index in [1.54, 1.807) is 49.4 Å². The Hall–Kier alpha value is -2.93. The number of esters is 1. The summed E-state index contributed by atoms with van der Waals surface area (Å²) in [6, 6.07) is 14.8. The number of carbonyl (C=O) groups is 2. The fourth-order valence-electron chi connectivity index (χ4n) is 2.62. The van der Waals surface area contributed by atoms with Crippen LogP contribution in [0, 0.1) is 0 Å². The SMILES string of the molecule is CCOC(=O)/C(CC(=O)O)=C(/c1ccccc1)c1ccc(S(C)(=O)=O)cc1. The minimum atomic E-state index is -3.38. The van der Waals surface area contributed by atoms with Gasteiger partial charge >= 0.3 is 11.9 Å². The fourth-order valence-corrected chi connectivity index (χ4v) is 3.25. The molecule has 0 aromatic heterocycles. The second kappa shape index (κ2) is 8.64. The van der Waals surface area contributed by atoms with E-state index in [0.717, 1.165) is 6.26 Å². The molecular weight excluding hydrogens is 368 g/mol. The van der Waals surface area contributed by atoms with Crippen molar-refractivity contribution < 1.29 is 27.9 Å². The summed E-state index contributed by atoms with van der Waals surface area (Å²) in [7, 11) is -3.38. The van der Waals surface area contributed by atoms with E-state index in [9.17, 15) is 23.1 Å². The Morgan fingerprint density at radius 1 is 0.963 bits per heavy atom. The zero-order valence-corrected chi connectivity index (χ0v) is 15.8. The molecule has 0 atom stereocenters. The first-order valence-corrected chi connectivity index (χ1v) is 10.1. The van der Waals surface area contributed by atoms with Gasteiger partial charge < -0.3 is 9.84 Å². The summed E-state index contributed by atoms with van der Waals surface area (Å²) in [5.74, 6) is -1.88. The zero-order chi connectivity index (χ0) is 20.0. The van der Waals surface area contributed by atoms with Gasteiger partial charge in [-0.2, -0.15) is 0 Å². The lowest BCUT2D eigenvalue weighted by Gasteiger charge is -2.15. The van der Waals surface area contributed by atoms with E-state index in [1.807, 2.05) is 0 Å². The van der Waals surface area contributed by atoms with Gasteiger partial charge in [0.05, 0.1) is 23.5 Å². The second-order valence-corrected chi connectivity index (χ2v) is 7.82. The van der Waals surface area contributed by atoms with Gasteiger partial charge in [-0.25, -0.2) is 13.2 Å². The largest absolute Gasteiger partial charge is 0.481 e. The van der Waals surface area contributed by atoms with Gasteiger partial charge in [0.15, 0.2) is 9.84 Å². The standard InChI is InChI=1S/C20H20O6S/c1-3-26-20(23)17(13-18(21)22)19(14-7-5-4-6-8-14)15-9-11-16(12-10-15)27(2,24)25/h4-12H,3,13H2,1-2H3,(H,21,22)/b19-17-. The Morgan fingerprint density at radius 2 is 1.52 bits per heavy atom. The van der Waals surface area contributed by atoms with Crippen molar-refractivity contribution in [1.82, 2.24) is 0 Å². The molecule has 0 aliphatic rings. The lowest BCUT2D eigenvalue weighted by atomic mass is 9.91. The van der Waals surface area contributed by atoms with E-state index in [4.69, 9.17) is 4.74 Å². The van der Waals surface area contributed by atoms with Gasteiger partial charge in [-0.1, -0.05) is 42.5 Å². The third-order valence-corrected chi connectivity index (χ3v) is 4.91. The van der Waals surface area contributed by atoms with Gasteiger partial charge in [-0.3, -0.25) is 4.79 Å². The number of carbonyl (C=O) groups excluding carboxylic acids is 1. The Bertz CT molecular complexity index is 957. The van der Waals surface area contributed by atoms with Crippen molar-refractivity contribution in [3.8, 4) is 0 Å². The quantitative estimate of drug-likeness (QED) is 0.578. The smallest absolute Gasteiger partial charge is 0.335 e. The van der Waals surface area contributed by atoms with Crippen LogP contribution in [-0.4, -0.2) is 38.3 Å². The summed E-state index contributed by atoms with van der Waals surface area (Å²) < 4.78 is 28.4. The van der Waals surface area contributed by atoms with Crippen molar-refractivity contribution in [3.05, 3.63) is 71.3 Å². The second-order valence-electron chi connectivity index (χ2n) is 5.81. The predicted molar refractivity (Wildman–Crippen MR) is 101 cm³/mol. The lowest BCUT2D eigenvalue weighted by Crippen LogP contribution is -2.14. The molecule has 27 heavy (non-hydrogen) atoms. The molecule has 0 heterocycles. The van der Waals surface area contributed by atoms with Crippen LogP contribution in [0.3, 0.4) is 0 Å². The molecule has 1 N–H and O–H groups in total.